The number of rotatable bonds is 3. The molecule has 32 heavy (non-hydrogen) atoms. The Hall–Kier alpha value is 0.406. The molecule has 1 heterocycles. The average molecular weight is 520 g/mol. The maximum absolute atomic E-state index is 10.7. The van der Waals surface area contributed by atoms with E-state index in [1.54, 1.807) is 0 Å². The predicted octanol–water partition coefficient (Wildman–Crippen LogP) is 2.47. The van der Waals surface area contributed by atoms with Crippen molar-refractivity contribution in [3.05, 3.63) is 42.0 Å². The third-order valence-electron chi connectivity index (χ3n) is 3.69. The number of halogens is 6. The predicted molar refractivity (Wildman–Crippen MR) is 109 cm³/mol. The Balaban J connectivity index is 0.00000104. The molecule has 1 aliphatic rings. The van der Waals surface area contributed by atoms with Crippen molar-refractivity contribution in [2.45, 2.75) is 0 Å². The van der Waals surface area contributed by atoms with E-state index in [0.717, 1.165) is 19.6 Å². The SMILES string of the molecule is C(=C\c1ccccc1)/CN1CCOCCOCCOCCOCC1.F[P-](F)(F)(F)(F)F.[K+]. The summed E-state index contributed by atoms with van der Waals surface area (Å²) < 4.78 is 81.3. The van der Waals surface area contributed by atoms with Crippen LogP contribution in [-0.4, -0.2) is 77.4 Å². The van der Waals surface area contributed by atoms with Gasteiger partial charge in [0.05, 0.1) is 52.9 Å². The summed E-state index contributed by atoms with van der Waals surface area (Å²) in [5.74, 6) is 0. The Labute approximate surface area is 227 Å². The quantitative estimate of drug-likeness (QED) is 0.349. The van der Waals surface area contributed by atoms with E-state index in [0.29, 0.717) is 52.9 Å². The minimum absolute atomic E-state index is 0. The van der Waals surface area contributed by atoms with Gasteiger partial charge in [-0.2, -0.15) is 0 Å². The molecular weight excluding hydrogens is 490 g/mol. The summed E-state index contributed by atoms with van der Waals surface area (Å²) in [6, 6.07) is 10.3. The first-order valence-electron chi connectivity index (χ1n) is 9.71. The minimum atomic E-state index is -10.7. The maximum atomic E-state index is 9.87. The summed E-state index contributed by atoms with van der Waals surface area (Å²) in [5, 5.41) is 0. The molecule has 0 bridgehead atoms. The average Bonchev–Trinajstić information content (AvgIpc) is 2.66. The van der Waals surface area contributed by atoms with Gasteiger partial charge in [-0.25, -0.2) is 0 Å². The fraction of sp³-hybridized carbons (Fsp3) is 0.579. The molecule has 182 valence electrons. The van der Waals surface area contributed by atoms with E-state index in [1.807, 2.05) is 6.07 Å². The molecule has 13 heteroatoms. The van der Waals surface area contributed by atoms with Crippen molar-refractivity contribution in [3.63, 3.8) is 0 Å². The van der Waals surface area contributed by atoms with E-state index in [2.05, 4.69) is 41.3 Å². The maximum Gasteiger partial charge on any atom is 1.00 e. The number of ether oxygens (including phenoxy) is 4. The van der Waals surface area contributed by atoms with Crippen LogP contribution in [0.25, 0.3) is 6.08 Å². The molecule has 1 fully saturated rings. The van der Waals surface area contributed by atoms with Crippen LogP contribution in [0.5, 0.6) is 0 Å². The normalized spacial score (nSPS) is 20.4. The molecule has 0 aliphatic carbocycles. The van der Waals surface area contributed by atoms with Crippen molar-refractivity contribution in [1.29, 1.82) is 0 Å². The number of nitrogens with zero attached hydrogens (tertiary/aromatic N) is 1. The molecule has 0 spiro atoms. The fourth-order valence-electron chi connectivity index (χ4n) is 2.35. The summed E-state index contributed by atoms with van der Waals surface area (Å²) in [6.07, 6.45) is 4.34. The summed E-state index contributed by atoms with van der Waals surface area (Å²) in [4.78, 5) is 2.33. The van der Waals surface area contributed by atoms with Gasteiger partial charge in [0.15, 0.2) is 0 Å². The van der Waals surface area contributed by atoms with Crippen LogP contribution in [0.4, 0.5) is 25.2 Å². The van der Waals surface area contributed by atoms with E-state index < -0.39 is 7.81 Å². The summed E-state index contributed by atoms with van der Waals surface area (Å²) >= 11 is 0. The second kappa shape index (κ2) is 15.4. The van der Waals surface area contributed by atoms with Gasteiger partial charge in [-0.05, 0) is 5.56 Å². The number of benzene rings is 1. The zero-order chi connectivity index (χ0) is 23.1. The number of hydrogen-bond donors (Lipinski definition) is 0. The topological polar surface area (TPSA) is 40.2 Å². The van der Waals surface area contributed by atoms with E-state index in [4.69, 9.17) is 18.9 Å². The van der Waals surface area contributed by atoms with Gasteiger partial charge >= 0.3 is 84.4 Å². The second-order valence-electron chi connectivity index (χ2n) is 6.52. The van der Waals surface area contributed by atoms with Crippen LogP contribution in [-0.2, 0) is 18.9 Å². The zero-order valence-corrected chi connectivity index (χ0v) is 22.1. The van der Waals surface area contributed by atoms with Crippen LogP contribution in [0.15, 0.2) is 36.4 Å². The third-order valence-corrected chi connectivity index (χ3v) is 3.69. The van der Waals surface area contributed by atoms with Crippen molar-refractivity contribution in [3.8, 4) is 0 Å². The van der Waals surface area contributed by atoms with Gasteiger partial charge in [0.1, 0.15) is 0 Å². The van der Waals surface area contributed by atoms with Gasteiger partial charge in [0, 0.05) is 19.6 Å². The summed E-state index contributed by atoms with van der Waals surface area (Å²) in [6.45, 7) is 7.79. The second-order valence-corrected chi connectivity index (χ2v) is 8.44. The first kappa shape index (κ1) is 32.4. The molecule has 1 saturated heterocycles. The van der Waals surface area contributed by atoms with Crippen molar-refractivity contribution < 1.29 is 95.5 Å². The van der Waals surface area contributed by atoms with Crippen molar-refractivity contribution in [1.82, 2.24) is 4.90 Å². The first-order valence-corrected chi connectivity index (χ1v) is 11.7. The van der Waals surface area contributed by atoms with Gasteiger partial charge < -0.3 is 18.9 Å². The molecule has 1 aromatic rings. The summed E-state index contributed by atoms with van der Waals surface area (Å²) in [7, 11) is -10.7. The molecule has 2 rings (SSSR count). The molecule has 0 N–H and O–H groups in total. The van der Waals surface area contributed by atoms with Gasteiger partial charge in [-0.1, -0.05) is 42.5 Å². The number of hydrogen-bond acceptors (Lipinski definition) is 5. The molecule has 0 saturated carbocycles. The summed E-state index contributed by atoms with van der Waals surface area (Å²) in [5.41, 5.74) is 1.22. The Morgan fingerprint density at radius 3 is 1.47 bits per heavy atom. The first-order chi connectivity index (χ1) is 14.4. The van der Waals surface area contributed by atoms with Gasteiger partial charge in [0.2, 0.25) is 0 Å². The standard InChI is InChI=1S/C19H29NO4.F6P.K/c1-2-5-19(6-3-1)7-4-8-20-9-11-21-13-15-23-17-18-24-16-14-22-12-10-20;1-7(2,3,4,5)6;/h1-7H,8-18H2;;/q;-1;+1/b7-4+;;. The van der Waals surface area contributed by atoms with Crippen LogP contribution in [0, 0.1) is 0 Å². The van der Waals surface area contributed by atoms with E-state index in [1.165, 1.54) is 5.56 Å². The van der Waals surface area contributed by atoms with Crippen LogP contribution in [0.3, 0.4) is 0 Å². The molecule has 5 nitrogen and oxygen atoms in total. The van der Waals surface area contributed by atoms with Crippen LogP contribution in [0.2, 0.25) is 0 Å². The molecule has 1 aromatic carbocycles. The molecule has 0 aromatic heterocycles. The van der Waals surface area contributed by atoms with E-state index in [9.17, 15) is 25.2 Å². The van der Waals surface area contributed by atoms with Crippen molar-refractivity contribution in [2.75, 3.05) is 72.5 Å². The molecule has 0 radical (unpaired) electrons. The molecule has 0 amide bonds. The van der Waals surface area contributed by atoms with E-state index >= 15 is 0 Å². The largest absolute Gasteiger partial charge is 1.00 e. The molecule has 1 aliphatic heterocycles. The van der Waals surface area contributed by atoms with Crippen LogP contribution >= 0.6 is 7.81 Å². The zero-order valence-electron chi connectivity index (χ0n) is 18.1. The van der Waals surface area contributed by atoms with Crippen molar-refractivity contribution in [2.24, 2.45) is 0 Å². The Morgan fingerprint density at radius 1 is 0.688 bits per heavy atom. The monoisotopic (exact) mass is 519 g/mol. The molecule has 0 unspecified atom stereocenters. The van der Waals surface area contributed by atoms with Crippen LogP contribution in [0.1, 0.15) is 5.56 Å². The van der Waals surface area contributed by atoms with E-state index in [-0.39, 0.29) is 51.4 Å². The van der Waals surface area contributed by atoms with Gasteiger partial charge in [0.25, 0.3) is 0 Å². The minimum Gasteiger partial charge on any atom is 1.00 e. The van der Waals surface area contributed by atoms with Crippen molar-refractivity contribution >= 4 is 13.9 Å². The Bertz CT molecular complexity index is 610. The van der Waals surface area contributed by atoms with Gasteiger partial charge in [-0.3, -0.25) is 4.90 Å². The van der Waals surface area contributed by atoms with Gasteiger partial charge in [-0.15, -0.1) is 0 Å². The van der Waals surface area contributed by atoms with Crippen LogP contribution < -0.4 is 51.4 Å². The molecular formula is C19H29F6KNO4P. The fourth-order valence-corrected chi connectivity index (χ4v) is 2.35. The molecule has 0 atom stereocenters. The Morgan fingerprint density at radius 2 is 1.06 bits per heavy atom. The third kappa shape index (κ3) is 26.7. The smallest absolute Gasteiger partial charge is 1.00 e. The Kier molecular flexibility index (Phi) is 15.6.